The van der Waals surface area contributed by atoms with Gasteiger partial charge in [0.05, 0.1) is 6.54 Å². The lowest BCUT2D eigenvalue weighted by Crippen LogP contribution is -2.47. The molecule has 180 valence electrons. The molecule has 1 aromatic heterocycles. The summed E-state index contributed by atoms with van der Waals surface area (Å²) in [4.78, 5) is 33.7. The van der Waals surface area contributed by atoms with Crippen LogP contribution in [0.25, 0.3) is 10.9 Å². The number of hydrogen-bond donors (Lipinski definition) is 1. The van der Waals surface area contributed by atoms with Crippen molar-refractivity contribution >= 4 is 22.7 Å². The number of amides is 2. The van der Waals surface area contributed by atoms with Crippen LogP contribution < -0.4 is 0 Å². The molecule has 2 amide bonds. The van der Waals surface area contributed by atoms with Crippen LogP contribution in [0.2, 0.25) is 0 Å². The fraction of sp³-hybridized carbons (Fsp3) is 0.448. The Morgan fingerprint density at radius 3 is 2.44 bits per heavy atom. The minimum atomic E-state index is 0.0220. The first-order valence-corrected chi connectivity index (χ1v) is 12.6. The van der Waals surface area contributed by atoms with E-state index in [1.807, 2.05) is 28.1 Å². The highest BCUT2D eigenvalue weighted by atomic mass is 16.2. The zero-order chi connectivity index (χ0) is 24.1. The third-order valence-electron chi connectivity index (χ3n) is 6.85. The van der Waals surface area contributed by atoms with E-state index in [0.29, 0.717) is 25.6 Å². The fourth-order valence-corrected chi connectivity index (χ4v) is 4.65. The van der Waals surface area contributed by atoms with Gasteiger partial charge in [-0.2, -0.15) is 0 Å². The van der Waals surface area contributed by atoms with Crippen molar-refractivity contribution in [2.24, 2.45) is 11.8 Å². The van der Waals surface area contributed by atoms with Gasteiger partial charge in [-0.1, -0.05) is 68.3 Å². The normalized spacial score (nSPS) is 13.8. The predicted molar refractivity (Wildman–Crippen MR) is 137 cm³/mol. The molecular weight excluding hydrogens is 422 g/mol. The van der Waals surface area contributed by atoms with Gasteiger partial charge in [0.1, 0.15) is 0 Å². The molecule has 0 bridgehead atoms. The second-order valence-corrected chi connectivity index (χ2v) is 10.2. The van der Waals surface area contributed by atoms with Crippen LogP contribution in [0.15, 0.2) is 54.7 Å². The van der Waals surface area contributed by atoms with Crippen molar-refractivity contribution in [2.45, 2.75) is 53.0 Å². The van der Waals surface area contributed by atoms with E-state index in [1.165, 1.54) is 16.5 Å². The molecule has 2 aromatic carbocycles. The number of carbonyl (C=O) groups is 2. The molecule has 3 aromatic rings. The smallest absolute Gasteiger partial charge is 0.242 e. The van der Waals surface area contributed by atoms with Gasteiger partial charge in [0, 0.05) is 42.7 Å². The molecule has 0 saturated heterocycles. The fourth-order valence-electron chi connectivity index (χ4n) is 4.65. The molecule has 1 aliphatic rings. The molecule has 1 aliphatic carbocycles. The van der Waals surface area contributed by atoms with Gasteiger partial charge in [-0.05, 0) is 49.3 Å². The number of hydrogen-bond acceptors (Lipinski definition) is 2. The highest BCUT2D eigenvalue weighted by molar-refractivity contribution is 5.86. The number of aryl methyl sites for hydroxylation is 1. The van der Waals surface area contributed by atoms with Crippen LogP contribution in [0, 0.1) is 18.8 Å². The molecule has 5 nitrogen and oxygen atoms in total. The van der Waals surface area contributed by atoms with E-state index >= 15 is 0 Å². The Balaban J connectivity index is 1.50. The number of aromatic nitrogens is 1. The topological polar surface area (TPSA) is 56.4 Å². The predicted octanol–water partition coefficient (Wildman–Crippen LogP) is 5.33. The minimum absolute atomic E-state index is 0.0220. The van der Waals surface area contributed by atoms with Gasteiger partial charge in [-0.3, -0.25) is 9.59 Å². The van der Waals surface area contributed by atoms with Gasteiger partial charge in [0.15, 0.2) is 0 Å². The third kappa shape index (κ3) is 5.88. The van der Waals surface area contributed by atoms with E-state index in [-0.39, 0.29) is 24.3 Å². The minimum Gasteiger partial charge on any atom is -0.361 e. The van der Waals surface area contributed by atoms with Crippen molar-refractivity contribution in [3.8, 4) is 0 Å². The lowest BCUT2D eigenvalue weighted by Gasteiger charge is -2.34. The van der Waals surface area contributed by atoms with Crippen LogP contribution in [0.1, 0.15) is 49.8 Å². The first-order chi connectivity index (χ1) is 16.4. The molecule has 0 spiro atoms. The summed E-state index contributed by atoms with van der Waals surface area (Å²) in [6.07, 6.45) is 5.83. The zero-order valence-corrected chi connectivity index (χ0v) is 20.7. The average Bonchev–Trinajstić information content (AvgIpc) is 3.19. The molecule has 5 heteroatoms. The Hall–Kier alpha value is -3.08. The molecule has 34 heavy (non-hydrogen) atoms. The molecule has 0 unspecified atom stereocenters. The molecular formula is C29H37N3O2. The van der Waals surface area contributed by atoms with E-state index in [1.54, 1.807) is 0 Å². The first-order valence-electron chi connectivity index (χ1n) is 12.6. The molecule has 1 heterocycles. The van der Waals surface area contributed by atoms with Crippen LogP contribution in [-0.2, 0) is 22.6 Å². The Morgan fingerprint density at radius 2 is 1.76 bits per heavy atom. The molecule has 0 aliphatic heterocycles. The molecule has 1 N–H and O–H groups in total. The van der Waals surface area contributed by atoms with Gasteiger partial charge in [0.25, 0.3) is 0 Å². The van der Waals surface area contributed by atoms with Gasteiger partial charge in [0.2, 0.25) is 11.8 Å². The highest BCUT2D eigenvalue weighted by Gasteiger charge is 2.31. The monoisotopic (exact) mass is 459 g/mol. The first kappa shape index (κ1) is 24.1. The quantitative estimate of drug-likeness (QED) is 0.445. The summed E-state index contributed by atoms with van der Waals surface area (Å²) in [5.74, 6) is 0.603. The van der Waals surface area contributed by atoms with E-state index in [0.717, 1.165) is 36.8 Å². The van der Waals surface area contributed by atoms with Crippen molar-refractivity contribution in [2.75, 3.05) is 19.6 Å². The molecule has 0 radical (unpaired) electrons. The Morgan fingerprint density at radius 1 is 1.03 bits per heavy atom. The van der Waals surface area contributed by atoms with Gasteiger partial charge >= 0.3 is 0 Å². The maximum Gasteiger partial charge on any atom is 0.242 e. The van der Waals surface area contributed by atoms with E-state index in [2.05, 4.69) is 62.2 Å². The Bertz CT molecular complexity index is 1110. The van der Waals surface area contributed by atoms with Crippen molar-refractivity contribution in [1.82, 2.24) is 14.8 Å². The molecule has 4 rings (SSSR count). The number of rotatable bonds is 10. The van der Waals surface area contributed by atoms with E-state index in [9.17, 15) is 9.59 Å². The number of carbonyl (C=O) groups excluding carboxylic acids is 2. The van der Waals surface area contributed by atoms with Crippen LogP contribution in [0.5, 0.6) is 0 Å². The number of nitrogens with one attached hydrogen (secondary N) is 1. The van der Waals surface area contributed by atoms with Gasteiger partial charge in [-0.25, -0.2) is 0 Å². The summed E-state index contributed by atoms with van der Waals surface area (Å²) >= 11 is 0. The maximum atomic E-state index is 13.6. The number of aromatic amines is 1. The van der Waals surface area contributed by atoms with Crippen molar-refractivity contribution in [1.29, 1.82) is 0 Å². The lowest BCUT2D eigenvalue weighted by molar-refractivity contribution is -0.145. The summed E-state index contributed by atoms with van der Waals surface area (Å²) in [5.41, 5.74) is 4.64. The van der Waals surface area contributed by atoms with Crippen LogP contribution in [-0.4, -0.2) is 46.2 Å². The average molecular weight is 460 g/mol. The summed E-state index contributed by atoms with van der Waals surface area (Å²) in [6, 6.07) is 16.6. The second-order valence-electron chi connectivity index (χ2n) is 10.2. The van der Waals surface area contributed by atoms with Crippen molar-refractivity contribution in [3.05, 3.63) is 71.4 Å². The maximum absolute atomic E-state index is 13.6. The van der Waals surface area contributed by atoms with E-state index in [4.69, 9.17) is 0 Å². The summed E-state index contributed by atoms with van der Waals surface area (Å²) in [5, 5.41) is 1.20. The van der Waals surface area contributed by atoms with Crippen molar-refractivity contribution in [3.63, 3.8) is 0 Å². The van der Waals surface area contributed by atoms with Crippen LogP contribution in [0.3, 0.4) is 0 Å². The third-order valence-corrected chi connectivity index (χ3v) is 6.85. The largest absolute Gasteiger partial charge is 0.361 e. The Labute approximate surface area is 203 Å². The standard InChI is InChI=1S/C29H37N3O2/c1-21(2)18-32(29(34)24-7-6-8-24)20-28(33)31(19-23-13-11-22(3)12-14-23)16-15-25-17-30-27-10-5-4-9-26(25)27/h4-5,9-14,17,21,24,30H,6-8,15-16,18-20H2,1-3H3. The SMILES string of the molecule is Cc1ccc(CN(CCc2c[nH]c3ccccc23)C(=O)CN(CC(C)C)C(=O)C2CCC2)cc1. The molecule has 0 atom stereocenters. The highest BCUT2D eigenvalue weighted by Crippen LogP contribution is 2.28. The van der Waals surface area contributed by atoms with Crippen LogP contribution >= 0.6 is 0 Å². The number of fused-ring (bicyclic) bond motifs is 1. The molecule has 1 saturated carbocycles. The van der Waals surface area contributed by atoms with Gasteiger partial charge in [-0.15, -0.1) is 0 Å². The Kier molecular flexibility index (Phi) is 7.71. The van der Waals surface area contributed by atoms with E-state index < -0.39 is 0 Å². The number of benzene rings is 2. The van der Waals surface area contributed by atoms with Crippen LogP contribution in [0.4, 0.5) is 0 Å². The number of nitrogens with zero attached hydrogens (tertiary/aromatic N) is 2. The lowest BCUT2D eigenvalue weighted by atomic mass is 9.84. The summed E-state index contributed by atoms with van der Waals surface area (Å²) in [7, 11) is 0. The summed E-state index contributed by atoms with van der Waals surface area (Å²) < 4.78 is 0. The number of para-hydroxylation sites is 1. The van der Waals surface area contributed by atoms with Crippen molar-refractivity contribution < 1.29 is 9.59 Å². The summed E-state index contributed by atoms with van der Waals surface area (Å²) in [6.45, 7) is 8.23. The van der Waals surface area contributed by atoms with Gasteiger partial charge < -0.3 is 14.8 Å². The number of H-pyrrole nitrogens is 1. The molecule has 1 fully saturated rings. The second kappa shape index (κ2) is 10.9. The zero-order valence-electron chi connectivity index (χ0n) is 20.7.